The molecular formula is C24H24N2O4S2. The number of fused-ring (bicyclic) bond motifs is 1. The maximum absolute atomic E-state index is 13.5. The number of aromatic nitrogens is 2. The van der Waals surface area contributed by atoms with Crippen LogP contribution in [0.1, 0.15) is 20.8 Å². The van der Waals surface area contributed by atoms with E-state index in [-0.39, 0.29) is 24.2 Å². The van der Waals surface area contributed by atoms with Gasteiger partial charge in [0.2, 0.25) is 0 Å². The van der Waals surface area contributed by atoms with E-state index in [2.05, 4.69) is 0 Å². The molecule has 6 nitrogen and oxygen atoms in total. The minimum absolute atomic E-state index is 0.127. The molecule has 4 rings (SSSR count). The molecule has 0 fully saturated rings. The molecule has 0 saturated carbocycles. The van der Waals surface area contributed by atoms with E-state index in [9.17, 15) is 14.4 Å². The number of nitrogens with zero attached hydrogens (tertiary/aromatic N) is 2. The first-order valence-electron chi connectivity index (χ1n) is 10.3. The lowest BCUT2D eigenvalue weighted by Crippen LogP contribution is -2.36. The number of carbonyl (C=O) groups excluding carboxylic acids is 1. The number of rotatable bonds is 5. The first-order valence-corrected chi connectivity index (χ1v) is 11.9. The molecular weight excluding hydrogens is 444 g/mol. The summed E-state index contributed by atoms with van der Waals surface area (Å²) in [7, 11) is 0. The van der Waals surface area contributed by atoms with E-state index in [1.165, 1.54) is 32.9 Å². The maximum atomic E-state index is 13.5. The van der Waals surface area contributed by atoms with Gasteiger partial charge in [0.25, 0.3) is 11.1 Å². The standard InChI is InChI=1S/C24H24N2O4S2/c1-24(2,3)30-23(29)16-14-25-21(27)19(31-17-10-6-4-7-11-17)20(22(28)26(25)15-16)32-18-12-8-5-9-13-18/h4-13,16H,14-15H2,1-3H3. The molecule has 0 amide bonds. The van der Waals surface area contributed by atoms with Crippen molar-refractivity contribution in [3.05, 3.63) is 81.4 Å². The average Bonchev–Trinajstić information content (AvgIpc) is 3.21. The summed E-state index contributed by atoms with van der Waals surface area (Å²) in [5.74, 6) is -0.979. The summed E-state index contributed by atoms with van der Waals surface area (Å²) in [5, 5.41) is 0. The monoisotopic (exact) mass is 468 g/mol. The van der Waals surface area contributed by atoms with Crippen molar-refractivity contribution in [1.82, 2.24) is 9.36 Å². The van der Waals surface area contributed by atoms with Gasteiger partial charge in [0.1, 0.15) is 5.60 Å². The van der Waals surface area contributed by atoms with Crippen molar-refractivity contribution in [3.63, 3.8) is 0 Å². The Morgan fingerprint density at radius 3 is 1.59 bits per heavy atom. The van der Waals surface area contributed by atoms with Gasteiger partial charge in [-0.2, -0.15) is 0 Å². The van der Waals surface area contributed by atoms with Crippen molar-refractivity contribution < 1.29 is 9.53 Å². The molecule has 166 valence electrons. The van der Waals surface area contributed by atoms with Crippen LogP contribution in [-0.4, -0.2) is 20.9 Å². The van der Waals surface area contributed by atoms with E-state index in [4.69, 9.17) is 4.74 Å². The van der Waals surface area contributed by atoms with Crippen LogP contribution in [0.3, 0.4) is 0 Å². The van der Waals surface area contributed by atoms with E-state index in [1.807, 2.05) is 60.7 Å². The molecule has 0 atom stereocenters. The lowest BCUT2D eigenvalue weighted by molar-refractivity contribution is -0.160. The number of benzene rings is 2. The fourth-order valence-electron chi connectivity index (χ4n) is 3.41. The second-order valence-corrected chi connectivity index (χ2v) is 10.7. The van der Waals surface area contributed by atoms with E-state index in [0.717, 1.165) is 9.79 Å². The van der Waals surface area contributed by atoms with Crippen LogP contribution in [0.4, 0.5) is 0 Å². The fourth-order valence-corrected chi connectivity index (χ4v) is 5.47. The van der Waals surface area contributed by atoms with Crippen LogP contribution < -0.4 is 11.1 Å². The Hall–Kier alpha value is -2.71. The highest BCUT2D eigenvalue weighted by atomic mass is 32.2. The molecule has 8 heteroatoms. The van der Waals surface area contributed by atoms with Gasteiger partial charge >= 0.3 is 5.97 Å². The summed E-state index contributed by atoms with van der Waals surface area (Å²) in [6, 6.07) is 19.0. The second kappa shape index (κ2) is 9.03. The Labute approximate surface area is 194 Å². The van der Waals surface area contributed by atoms with Gasteiger partial charge in [-0.25, -0.2) is 9.36 Å². The predicted molar refractivity (Wildman–Crippen MR) is 125 cm³/mol. The van der Waals surface area contributed by atoms with Gasteiger partial charge in [-0.3, -0.25) is 14.4 Å². The van der Waals surface area contributed by atoms with E-state index in [1.54, 1.807) is 20.8 Å². The van der Waals surface area contributed by atoms with Crippen LogP contribution in [0.2, 0.25) is 0 Å². The molecule has 32 heavy (non-hydrogen) atoms. The predicted octanol–water partition coefficient (Wildman–Crippen LogP) is 4.28. The Balaban J connectivity index is 1.77. The second-order valence-electron chi connectivity index (χ2n) is 8.49. The highest BCUT2D eigenvalue weighted by Gasteiger charge is 2.34. The minimum Gasteiger partial charge on any atom is -0.460 e. The molecule has 1 aliphatic rings. The van der Waals surface area contributed by atoms with Gasteiger partial charge in [-0.05, 0) is 45.0 Å². The lowest BCUT2D eigenvalue weighted by Gasteiger charge is -2.21. The van der Waals surface area contributed by atoms with Gasteiger partial charge in [-0.1, -0.05) is 59.9 Å². The summed E-state index contributed by atoms with van der Waals surface area (Å²) in [4.78, 5) is 42.1. The Morgan fingerprint density at radius 2 is 1.22 bits per heavy atom. The van der Waals surface area contributed by atoms with Gasteiger partial charge in [-0.15, -0.1) is 0 Å². The summed E-state index contributed by atoms with van der Waals surface area (Å²) < 4.78 is 8.28. The van der Waals surface area contributed by atoms with Crippen LogP contribution in [0.5, 0.6) is 0 Å². The van der Waals surface area contributed by atoms with Crippen LogP contribution in [0.25, 0.3) is 0 Å². The molecule has 3 aromatic rings. The molecule has 0 unspecified atom stereocenters. The summed E-state index contributed by atoms with van der Waals surface area (Å²) >= 11 is 2.55. The van der Waals surface area contributed by atoms with Crippen LogP contribution in [0.15, 0.2) is 89.8 Å². The molecule has 1 aliphatic heterocycles. The van der Waals surface area contributed by atoms with Crippen molar-refractivity contribution in [2.45, 2.75) is 59.0 Å². The summed E-state index contributed by atoms with van der Waals surface area (Å²) in [6.45, 7) is 5.65. The fraction of sp³-hybridized carbons (Fsp3) is 0.292. The molecule has 0 spiro atoms. The third-order valence-corrected chi connectivity index (χ3v) is 7.12. The van der Waals surface area contributed by atoms with Crippen molar-refractivity contribution in [2.75, 3.05) is 0 Å². The van der Waals surface area contributed by atoms with E-state index < -0.39 is 17.5 Å². The van der Waals surface area contributed by atoms with Crippen molar-refractivity contribution in [3.8, 4) is 0 Å². The van der Waals surface area contributed by atoms with Gasteiger partial charge in [0.05, 0.1) is 28.8 Å². The third kappa shape index (κ3) is 4.86. The highest BCUT2D eigenvalue weighted by molar-refractivity contribution is 8.02. The number of ether oxygens (including phenoxy) is 1. The summed E-state index contributed by atoms with van der Waals surface area (Å²) in [6.07, 6.45) is 0. The zero-order chi connectivity index (χ0) is 22.9. The highest BCUT2D eigenvalue weighted by Crippen LogP contribution is 2.35. The maximum Gasteiger partial charge on any atom is 0.313 e. The normalized spacial score (nSPS) is 13.7. The third-order valence-electron chi connectivity index (χ3n) is 4.81. The summed E-state index contributed by atoms with van der Waals surface area (Å²) in [5.41, 5.74) is -1.18. The Kier molecular flexibility index (Phi) is 6.35. The first kappa shape index (κ1) is 22.5. The van der Waals surface area contributed by atoms with Crippen LogP contribution >= 0.6 is 23.5 Å². The Bertz CT molecular complexity index is 1160. The zero-order valence-corrected chi connectivity index (χ0v) is 19.7. The Morgan fingerprint density at radius 1 is 0.812 bits per heavy atom. The SMILES string of the molecule is CC(C)(C)OC(=O)C1Cn2c(=O)c(Sc3ccccc3)c(Sc3ccccc3)c(=O)n2C1. The molecule has 0 aliphatic carbocycles. The largest absolute Gasteiger partial charge is 0.460 e. The number of hydrogen-bond acceptors (Lipinski definition) is 6. The molecule has 0 bridgehead atoms. The molecule has 2 heterocycles. The number of carbonyl (C=O) groups is 1. The van der Waals surface area contributed by atoms with E-state index >= 15 is 0 Å². The number of hydrogen-bond donors (Lipinski definition) is 0. The van der Waals surface area contributed by atoms with Gasteiger partial charge < -0.3 is 4.74 Å². The quantitative estimate of drug-likeness (QED) is 0.521. The molecule has 0 N–H and O–H groups in total. The smallest absolute Gasteiger partial charge is 0.313 e. The molecule has 1 aromatic heterocycles. The first-order chi connectivity index (χ1) is 15.2. The zero-order valence-electron chi connectivity index (χ0n) is 18.1. The molecule has 0 radical (unpaired) electrons. The van der Waals surface area contributed by atoms with Crippen molar-refractivity contribution >= 4 is 29.5 Å². The lowest BCUT2D eigenvalue weighted by atomic mass is 10.1. The van der Waals surface area contributed by atoms with Gasteiger partial charge in [0, 0.05) is 9.79 Å². The molecule has 2 aromatic carbocycles. The van der Waals surface area contributed by atoms with E-state index in [0.29, 0.717) is 9.79 Å². The van der Waals surface area contributed by atoms with Crippen LogP contribution in [-0.2, 0) is 22.6 Å². The minimum atomic E-state index is -0.635. The van der Waals surface area contributed by atoms with Crippen molar-refractivity contribution in [1.29, 1.82) is 0 Å². The van der Waals surface area contributed by atoms with Crippen LogP contribution in [0, 0.1) is 5.92 Å². The van der Waals surface area contributed by atoms with Gasteiger partial charge in [0.15, 0.2) is 0 Å². The number of esters is 1. The average molecular weight is 469 g/mol. The van der Waals surface area contributed by atoms with Crippen molar-refractivity contribution in [2.24, 2.45) is 5.92 Å². The molecule has 0 saturated heterocycles. The topological polar surface area (TPSA) is 70.3 Å².